The molecule has 0 spiro atoms. The number of carbonyl (C=O) groups is 2. The zero-order valence-corrected chi connectivity index (χ0v) is 15.5. The minimum atomic E-state index is -0.129. The third-order valence-electron chi connectivity index (χ3n) is 5.08. The highest BCUT2D eigenvalue weighted by Crippen LogP contribution is 2.21. The zero-order valence-electron chi connectivity index (χ0n) is 15.5. The second kappa shape index (κ2) is 8.17. The molecule has 26 heavy (non-hydrogen) atoms. The first kappa shape index (κ1) is 18.2. The van der Waals surface area contributed by atoms with Crippen molar-refractivity contribution in [3.8, 4) is 0 Å². The standard InChI is InChI=1S/C22H26N2O2/c1-3-16(2)18-9-11-20(12-10-18)23-22(26)19-7-4-6-17(14-19)15-24-13-5-8-21(24)25/h4,6-7,9-12,14,16H,3,5,8,13,15H2,1-2H3,(H,23,26). The molecule has 1 aliphatic rings. The topological polar surface area (TPSA) is 49.4 Å². The largest absolute Gasteiger partial charge is 0.338 e. The van der Waals surface area contributed by atoms with Crippen molar-refractivity contribution in [3.05, 3.63) is 65.2 Å². The molecule has 4 nitrogen and oxygen atoms in total. The smallest absolute Gasteiger partial charge is 0.255 e. The van der Waals surface area contributed by atoms with Gasteiger partial charge < -0.3 is 10.2 Å². The molecule has 1 aliphatic heterocycles. The minimum Gasteiger partial charge on any atom is -0.338 e. The Bertz CT molecular complexity index is 783. The Labute approximate surface area is 155 Å². The second-order valence-electron chi connectivity index (χ2n) is 7.00. The molecule has 2 aromatic rings. The molecule has 1 fully saturated rings. The van der Waals surface area contributed by atoms with E-state index in [1.165, 1.54) is 5.56 Å². The van der Waals surface area contributed by atoms with Crippen LogP contribution >= 0.6 is 0 Å². The number of nitrogens with one attached hydrogen (secondary N) is 1. The average molecular weight is 350 g/mol. The molecule has 4 heteroatoms. The third kappa shape index (κ3) is 4.31. The first-order valence-electron chi connectivity index (χ1n) is 9.35. The molecule has 0 saturated carbocycles. The average Bonchev–Trinajstić information content (AvgIpc) is 3.06. The SMILES string of the molecule is CCC(C)c1ccc(NC(=O)c2cccc(CN3CCCC3=O)c2)cc1. The molecule has 1 atom stereocenters. The number of rotatable bonds is 6. The molecule has 1 N–H and O–H groups in total. The van der Waals surface area contributed by atoms with Crippen LogP contribution in [0.1, 0.15) is 60.5 Å². The Morgan fingerprint density at radius 1 is 1.19 bits per heavy atom. The number of hydrogen-bond acceptors (Lipinski definition) is 2. The Balaban J connectivity index is 1.66. The Hall–Kier alpha value is -2.62. The van der Waals surface area contributed by atoms with Gasteiger partial charge in [-0.25, -0.2) is 0 Å². The fourth-order valence-electron chi connectivity index (χ4n) is 3.24. The van der Waals surface area contributed by atoms with E-state index in [1.807, 2.05) is 35.2 Å². The molecular weight excluding hydrogens is 324 g/mol. The van der Waals surface area contributed by atoms with Gasteiger partial charge in [-0.1, -0.05) is 38.1 Å². The number of anilines is 1. The van der Waals surface area contributed by atoms with E-state index in [-0.39, 0.29) is 11.8 Å². The van der Waals surface area contributed by atoms with E-state index in [0.29, 0.717) is 24.4 Å². The summed E-state index contributed by atoms with van der Waals surface area (Å²) in [5, 5.41) is 2.95. The number of carbonyl (C=O) groups excluding carboxylic acids is 2. The number of nitrogens with zero attached hydrogens (tertiary/aromatic N) is 1. The Kier molecular flexibility index (Phi) is 5.71. The van der Waals surface area contributed by atoms with E-state index in [0.717, 1.165) is 30.6 Å². The normalized spacial score (nSPS) is 15.2. The van der Waals surface area contributed by atoms with Crippen LogP contribution in [0.2, 0.25) is 0 Å². The molecule has 1 heterocycles. The molecule has 0 aromatic heterocycles. The summed E-state index contributed by atoms with van der Waals surface area (Å²) < 4.78 is 0. The monoisotopic (exact) mass is 350 g/mol. The first-order valence-corrected chi connectivity index (χ1v) is 9.35. The third-order valence-corrected chi connectivity index (χ3v) is 5.08. The van der Waals surface area contributed by atoms with Crippen molar-refractivity contribution in [2.75, 3.05) is 11.9 Å². The van der Waals surface area contributed by atoms with Gasteiger partial charge in [0.1, 0.15) is 0 Å². The Morgan fingerprint density at radius 2 is 1.96 bits per heavy atom. The van der Waals surface area contributed by atoms with Crippen molar-refractivity contribution in [1.29, 1.82) is 0 Å². The van der Waals surface area contributed by atoms with Crippen LogP contribution in [0.15, 0.2) is 48.5 Å². The summed E-state index contributed by atoms with van der Waals surface area (Å²) in [7, 11) is 0. The Morgan fingerprint density at radius 3 is 2.62 bits per heavy atom. The van der Waals surface area contributed by atoms with Crippen LogP contribution in [0.4, 0.5) is 5.69 Å². The highest BCUT2D eigenvalue weighted by atomic mass is 16.2. The number of likely N-dealkylation sites (tertiary alicyclic amines) is 1. The van der Waals surface area contributed by atoms with E-state index in [2.05, 4.69) is 31.3 Å². The summed E-state index contributed by atoms with van der Waals surface area (Å²) in [4.78, 5) is 26.2. The van der Waals surface area contributed by atoms with Crippen LogP contribution in [0.5, 0.6) is 0 Å². The van der Waals surface area contributed by atoms with Crippen molar-refractivity contribution in [1.82, 2.24) is 4.90 Å². The molecule has 0 radical (unpaired) electrons. The quantitative estimate of drug-likeness (QED) is 0.829. The second-order valence-corrected chi connectivity index (χ2v) is 7.00. The van der Waals surface area contributed by atoms with Crippen molar-refractivity contribution in [2.24, 2.45) is 0 Å². The highest BCUT2D eigenvalue weighted by Gasteiger charge is 2.20. The predicted octanol–water partition coefficient (Wildman–Crippen LogP) is 4.57. The molecule has 1 saturated heterocycles. The lowest BCUT2D eigenvalue weighted by atomic mass is 9.98. The van der Waals surface area contributed by atoms with Gasteiger partial charge in [0.25, 0.3) is 5.91 Å². The predicted molar refractivity (Wildman–Crippen MR) is 104 cm³/mol. The maximum Gasteiger partial charge on any atom is 0.255 e. The van der Waals surface area contributed by atoms with Crippen molar-refractivity contribution < 1.29 is 9.59 Å². The van der Waals surface area contributed by atoms with E-state index < -0.39 is 0 Å². The molecule has 2 amide bonds. The first-order chi connectivity index (χ1) is 12.6. The van der Waals surface area contributed by atoms with Crippen LogP contribution in [0.3, 0.4) is 0 Å². The molecule has 0 bridgehead atoms. The fourth-order valence-corrected chi connectivity index (χ4v) is 3.24. The van der Waals surface area contributed by atoms with E-state index in [9.17, 15) is 9.59 Å². The number of amides is 2. The lowest BCUT2D eigenvalue weighted by Gasteiger charge is -2.16. The lowest BCUT2D eigenvalue weighted by molar-refractivity contribution is -0.128. The van der Waals surface area contributed by atoms with Crippen LogP contribution < -0.4 is 5.32 Å². The van der Waals surface area contributed by atoms with Crippen molar-refractivity contribution >= 4 is 17.5 Å². The van der Waals surface area contributed by atoms with Gasteiger partial charge in [0, 0.05) is 30.8 Å². The fraction of sp³-hybridized carbons (Fsp3) is 0.364. The molecule has 1 unspecified atom stereocenters. The van der Waals surface area contributed by atoms with Gasteiger partial charge in [0.15, 0.2) is 0 Å². The molecule has 2 aromatic carbocycles. The summed E-state index contributed by atoms with van der Waals surface area (Å²) in [5.74, 6) is 0.585. The van der Waals surface area contributed by atoms with Gasteiger partial charge in [0.05, 0.1) is 0 Å². The summed E-state index contributed by atoms with van der Waals surface area (Å²) >= 11 is 0. The molecule has 3 rings (SSSR count). The maximum atomic E-state index is 12.6. The maximum absolute atomic E-state index is 12.6. The van der Waals surface area contributed by atoms with E-state index in [4.69, 9.17) is 0 Å². The van der Waals surface area contributed by atoms with Gasteiger partial charge >= 0.3 is 0 Å². The molecule has 0 aliphatic carbocycles. The lowest BCUT2D eigenvalue weighted by Crippen LogP contribution is -2.24. The van der Waals surface area contributed by atoms with Crippen LogP contribution in [-0.4, -0.2) is 23.3 Å². The zero-order chi connectivity index (χ0) is 18.5. The molecular formula is C22H26N2O2. The van der Waals surface area contributed by atoms with Crippen molar-refractivity contribution in [2.45, 2.75) is 45.6 Å². The molecule has 136 valence electrons. The van der Waals surface area contributed by atoms with Gasteiger partial charge in [-0.15, -0.1) is 0 Å². The van der Waals surface area contributed by atoms with E-state index in [1.54, 1.807) is 6.07 Å². The van der Waals surface area contributed by atoms with Gasteiger partial charge in [-0.05, 0) is 54.2 Å². The van der Waals surface area contributed by atoms with Crippen molar-refractivity contribution in [3.63, 3.8) is 0 Å². The number of hydrogen-bond donors (Lipinski definition) is 1. The van der Waals surface area contributed by atoms with Gasteiger partial charge in [-0.3, -0.25) is 9.59 Å². The van der Waals surface area contributed by atoms with E-state index >= 15 is 0 Å². The highest BCUT2D eigenvalue weighted by molar-refractivity contribution is 6.04. The summed E-state index contributed by atoms with van der Waals surface area (Å²) in [6, 6.07) is 15.5. The summed E-state index contributed by atoms with van der Waals surface area (Å²) in [5.41, 5.74) is 3.67. The summed E-state index contributed by atoms with van der Waals surface area (Å²) in [6.07, 6.45) is 2.65. The number of benzene rings is 2. The minimum absolute atomic E-state index is 0.129. The van der Waals surface area contributed by atoms with Gasteiger partial charge in [0.2, 0.25) is 5.91 Å². The van der Waals surface area contributed by atoms with Crippen LogP contribution in [-0.2, 0) is 11.3 Å². The van der Waals surface area contributed by atoms with Crippen LogP contribution in [0, 0.1) is 0 Å². The van der Waals surface area contributed by atoms with Crippen LogP contribution in [0.25, 0.3) is 0 Å². The van der Waals surface area contributed by atoms with Gasteiger partial charge in [-0.2, -0.15) is 0 Å². The summed E-state index contributed by atoms with van der Waals surface area (Å²) in [6.45, 7) is 5.74.